The van der Waals surface area contributed by atoms with Crippen molar-refractivity contribution in [3.05, 3.63) is 54.1 Å². The maximum Gasteiger partial charge on any atom is 0.338 e. The second kappa shape index (κ2) is 8.01. The molecule has 1 unspecified atom stereocenters. The fraction of sp³-hybridized carbons (Fsp3) is 0.222. The number of nitrogens with two attached hydrogens (primary N) is 1. The first-order chi connectivity index (χ1) is 11.5. The van der Waals surface area contributed by atoms with E-state index in [9.17, 15) is 9.59 Å². The first kappa shape index (κ1) is 17.3. The molecule has 0 saturated heterocycles. The van der Waals surface area contributed by atoms with Crippen LogP contribution in [-0.2, 0) is 9.53 Å². The van der Waals surface area contributed by atoms with Crippen molar-refractivity contribution in [3.63, 3.8) is 0 Å². The molecule has 0 heterocycles. The lowest BCUT2D eigenvalue weighted by Gasteiger charge is -2.15. The van der Waals surface area contributed by atoms with Gasteiger partial charge < -0.3 is 20.5 Å². The van der Waals surface area contributed by atoms with Gasteiger partial charge in [-0.25, -0.2) is 4.79 Å². The molecule has 2 aromatic carbocycles. The van der Waals surface area contributed by atoms with Gasteiger partial charge in [0.05, 0.1) is 17.9 Å². The number of nitrogens with one attached hydrogen (secondary N) is 1. The minimum atomic E-state index is -0.964. The summed E-state index contributed by atoms with van der Waals surface area (Å²) in [6.45, 7) is 3.84. The van der Waals surface area contributed by atoms with Gasteiger partial charge in [0, 0.05) is 5.69 Å². The Morgan fingerprint density at radius 1 is 1.17 bits per heavy atom. The molecule has 2 rings (SSSR count). The highest BCUT2D eigenvalue weighted by Gasteiger charge is 2.20. The number of rotatable bonds is 6. The van der Waals surface area contributed by atoms with E-state index in [1.54, 1.807) is 36.4 Å². The fourth-order valence-corrected chi connectivity index (χ4v) is 2.03. The van der Waals surface area contributed by atoms with E-state index in [-0.39, 0.29) is 0 Å². The van der Waals surface area contributed by atoms with Gasteiger partial charge in [-0.15, -0.1) is 0 Å². The number of nitrogen functional groups attached to an aromatic ring is 1. The number of amides is 1. The van der Waals surface area contributed by atoms with Gasteiger partial charge in [0.1, 0.15) is 5.75 Å². The first-order valence-electron chi connectivity index (χ1n) is 7.60. The van der Waals surface area contributed by atoms with Crippen LogP contribution < -0.4 is 15.8 Å². The molecule has 0 aliphatic carbocycles. The van der Waals surface area contributed by atoms with Crippen LogP contribution in [0.4, 0.5) is 11.4 Å². The number of anilines is 2. The predicted molar refractivity (Wildman–Crippen MR) is 92.0 cm³/mol. The quantitative estimate of drug-likeness (QED) is 0.628. The molecule has 0 radical (unpaired) electrons. The number of hydrogen-bond acceptors (Lipinski definition) is 5. The van der Waals surface area contributed by atoms with Crippen LogP contribution in [0.1, 0.15) is 24.2 Å². The molecule has 0 aliphatic rings. The minimum Gasteiger partial charge on any atom is -0.492 e. The van der Waals surface area contributed by atoms with E-state index >= 15 is 0 Å². The van der Waals surface area contributed by atoms with Gasteiger partial charge >= 0.3 is 5.97 Å². The van der Waals surface area contributed by atoms with Gasteiger partial charge in [-0.3, -0.25) is 4.79 Å². The standard InChI is InChI=1S/C18H20N2O4/c1-3-23-16-10-5-4-9-15(16)20-17(21)12(2)24-18(22)13-7-6-8-14(19)11-13/h4-12H,3,19H2,1-2H3,(H,20,21). The Morgan fingerprint density at radius 3 is 2.62 bits per heavy atom. The normalized spacial score (nSPS) is 11.4. The zero-order valence-electron chi connectivity index (χ0n) is 13.6. The lowest BCUT2D eigenvalue weighted by atomic mass is 10.2. The van der Waals surface area contributed by atoms with Crippen LogP contribution in [0.3, 0.4) is 0 Å². The second-order valence-electron chi connectivity index (χ2n) is 5.09. The Labute approximate surface area is 140 Å². The van der Waals surface area contributed by atoms with E-state index in [0.29, 0.717) is 29.3 Å². The first-order valence-corrected chi connectivity index (χ1v) is 7.60. The predicted octanol–water partition coefficient (Wildman–Crippen LogP) is 2.85. The van der Waals surface area contributed by atoms with Crippen LogP contribution in [0, 0.1) is 0 Å². The summed E-state index contributed by atoms with van der Waals surface area (Å²) in [7, 11) is 0. The highest BCUT2D eigenvalue weighted by atomic mass is 16.5. The maximum absolute atomic E-state index is 12.2. The summed E-state index contributed by atoms with van der Waals surface area (Å²) < 4.78 is 10.6. The molecule has 0 saturated carbocycles. The average Bonchev–Trinajstić information content (AvgIpc) is 2.56. The molecule has 126 valence electrons. The molecule has 1 amide bonds. The highest BCUT2D eigenvalue weighted by molar-refractivity contribution is 5.98. The average molecular weight is 328 g/mol. The van der Waals surface area contributed by atoms with Crippen LogP contribution >= 0.6 is 0 Å². The smallest absolute Gasteiger partial charge is 0.338 e. The van der Waals surface area contributed by atoms with Crippen molar-refractivity contribution in [1.29, 1.82) is 0 Å². The molecule has 0 aromatic heterocycles. The van der Waals surface area contributed by atoms with Gasteiger partial charge in [0.2, 0.25) is 0 Å². The van der Waals surface area contributed by atoms with E-state index in [4.69, 9.17) is 15.2 Å². The third-order valence-corrected chi connectivity index (χ3v) is 3.22. The largest absolute Gasteiger partial charge is 0.492 e. The number of carbonyl (C=O) groups excluding carboxylic acids is 2. The number of esters is 1. The van der Waals surface area contributed by atoms with Gasteiger partial charge in [-0.1, -0.05) is 18.2 Å². The summed E-state index contributed by atoms with van der Waals surface area (Å²) in [5.41, 5.74) is 6.90. The maximum atomic E-state index is 12.2. The van der Waals surface area contributed by atoms with Gasteiger partial charge in [0.15, 0.2) is 6.10 Å². The lowest BCUT2D eigenvalue weighted by Crippen LogP contribution is -2.30. The van der Waals surface area contributed by atoms with Crippen molar-refractivity contribution in [3.8, 4) is 5.75 Å². The topological polar surface area (TPSA) is 90.6 Å². The number of benzene rings is 2. The molecule has 6 nitrogen and oxygen atoms in total. The Kier molecular flexibility index (Phi) is 5.78. The van der Waals surface area contributed by atoms with Crippen molar-refractivity contribution in [2.24, 2.45) is 0 Å². The molecule has 1 atom stereocenters. The molecule has 0 spiro atoms. The van der Waals surface area contributed by atoms with Crippen LogP contribution in [0.15, 0.2) is 48.5 Å². The third kappa shape index (κ3) is 4.49. The molecule has 2 aromatic rings. The Balaban J connectivity index is 2.01. The summed E-state index contributed by atoms with van der Waals surface area (Å²) in [5.74, 6) is -0.495. The molecule has 6 heteroatoms. The minimum absolute atomic E-state index is 0.296. The van der Waals surface area contributed by atoms with E-state index in [0.717, 1.165) is 0 Å². The summed E-state index contributed by atoms with van der Waals surface area (Å²) in [5, 5.41) is 2.70. The van der Waals surface area contributed by atoms with Gasteiger partial charge in [0.25, 0.3) is 5.91 Å². The van der Waals surface area contributed by atoms with Crippen molar-refractivity contribution in [1.82, 2.24) is 0 Å². The van der Waals surface area contributed by atoms with Crippen LogP contribution in [-0.4, -0.2) is 24.6 Å². The molecule has 0 fully saturated rings. The van der Waals surface area contributed by atoms with E-state index in [1.807, 2.05) is 13.0 Å². The van der Waals surface area contributed by atoms with Crippen LogP contribution in [0.25, 0.3) is 0 Å². The molecule has 0 bridgehead atoms. The summed E-state index contributed by atoms with van der Waals surface area (Å²) in [6.07, 6.45) is -0.964. The molecular weight excluding hydrogens is 308 g/mol. The van der Waals surface area contributed by atoms with Crippen molar-refractivity contribution in [2.45, 2.75) is 20.0 Å². The molecule has 0 aliphatic heterocycles. The van der Waals surface area contributed by atoms with E-state index in [1.165, 1.54) is 13.0 Å². The molecule has 24 heavy (non-hydrogen) atoms. The molecule has 3 N–H and O–H groups in total. The number of carbonyl (C=O) groups is 2. The van der Waals surface area contributed by atoms with Crippen molar-refractivity contribution in [2.75, 3.05) is 17.7 Å². The number of hydrogen-bond donors (Lipinski definition) is 2. The molecular formula is C18H20N2O4. The highest BCUT2D eigenvalue weighted by Crippen LogP contribution is 2.24. The van der Waals surface area contributed by atoms with Crippen molar-refractivity contribution >= 4 is 23.3 Å². The van der Waals surface area contributed by atoms with Gasteiger partial charge in [-0.05, 0) is 44.2 Å². The van der Waals surface area contributed by atoms with Gasteiger partial charge in [-0.2, -0.15) is 0 Å². The lowest BCUT2D eigenvalue weighted by molar-refractivity contribution is -0.123. The Hall–Kier alpha value is -3.02. The monoisotopic (exact) mass is 328 g/mol. The number of para-hydroxylation sites is 2. The Morgan fingerprint density at radius 2 is 1.92 bits per heavy atom. The fourth-order valence-electron chi connectivity index (χ4n) is 2.03. The van der Waals surface area contributed by atoms with E-state index < -0.39 is 18.0 Å². The van der Waals surface area contributed by atoms with E-state index in [2.05, 4.69) is 5.32 Å². The van der Waals surface area contributed by atoms with Crippen molar-refractivity contribution < 1.29 is 19.1 Å². The van der Waals surface area contributed by atoms with Crippen LogP contribution in [0.2, 0.25) is 0 Å². The summed E-state index contributed by atoms with van der Waals surface area (Å²) in [6, 6.07) is 13.4. The zero-order chi connectivity index (χ0) is 17.5. The second-order valence-corrected chi connectivity index (χ2v) is 5.09. The zero-order valence-corrected chi connectivity index (χ0v) is 13.6. The number of ether oxygens (including phenoxy) is 2. The Bertz CT molecular complexity index is 730. The summed E-state index contributed by atoms with van der Waals surface area (Å²) in [4.78, 5) is 24.3. The SMILES string of the molecule is CCOc1ccccc1NC(=O)C(C)OC(=O)c1cccc(N)c1. The van der Waals surface area contributed by atoms with Crippen LogP contribution in [0.5, 0.6) is 5.75 Å². The summed E-state index contributed by atoms with van der Waals surface area (Å²) >= 11 is 0. The third-order valence-electron chi connectivity index (χ3n) is 3.22.